The molecule has 124 valence electrons. The fourth-order valence-corrected chi connectivity index (χ4v) is 3.01. The third-order valence-electron chi connectivity index (χ3n) is 4.33. The molecule has 0 spiro atoms. The van der Waals surface area contributed by atoms with E-state index in [1.165, 1.54) is 5.69 Å². The molecule has 3 heterocycles. The molecule has 0 aromatic carbocycles. The normalized spacial score (nSPS) is 14.7. The standard InChI is InChI=1S/C16H24N6O/c1-4-7-22-14(5-6-17-22)19-16(23)11-20-8-9-21-13(3)12(2)18-15(21)10-20/h5-6H,4,7-11H2,1-3H3,(H,19,23). The van der Waals surface area contributed by atoms with Crippen LogP contribution in [-0.2, 0) is 24.4 Å². The van der Waals surface area contributed by atoms with Gasteiger partial charge in [0.05, 0.1) is 25.0 Å². The number of anilines is 1. The highest BCUT2D eigenvalue weighted by molar-refractivity contribution is 5.91. The first-order valence-electron chi connectivity index (χ1n) is 8.15. The topological polar surface area (TPSA) is 68.0 Å². The van der Waals surface area contributed by atoms with Crippen LogP contribution in [0.3, 0.4) is 0 Å². The second-order valence-electron chi connectivity index (χ2n) is 6.05. The van der Waals surface area contributed by atoms with E-state index in [1.807, 2.05) is 17.7 Å². The third kappa shape index (κ3) is 3.29. The van der Waals surface area contributed by atoms with Gasteiger partial charge in [-0.25, -0.2) is 9.67 Å². The van der Waals surface area contributed by atoms with E-state index < -0.39 is 0 Å². The lowest BCUT2D eigenvalue weighted by Gasteiger charge is -2.27. The van der Waals surface area contributed by atoms with E-state index in [4.69, 9.17) is 0 Å². The Morgan fingerprint density at radius 2 is 2.17 bits per heavy atom. The van der Waals surface area contributed by atoms with Crippen molar-refractivity contribution < 1.29 is 4.79 Å². The summed E-state index contributed by atoms with van der Waals surface area (Å²) in [5.74, 6) is 1.81. The van der Waals surface area contributed by atoms with Crippen molar-refractivity contribution in [3.05, 3.63) is 29.5 Å². The average Bonchev–Trinajstić information content (AvgIpc) is 3.05. The maximum atomic E-state index is 12.3. The zero-order valence-corrected chi connectivity index (χ0v) is 14.0. The molecule has 0 saturated carbocycles. The van der Waals surface area contributed by atoms with Crippen LogP contribution in [0.2, 0.25) is 0 Å². The predicted molar refractivity (Wildman–Crippen MR) is 88.1 cm³/mol. The number of nitrogens with one attached hydrogen (secondary N) is 1. The van der Waals surface area contributed by atoms with Crippen LogP contribution < -0.4 is 5.32 Å². The van der Waals surface area contributed by atoms with E-state index >= 15 is 0 Å². The molecule has 7 nitrogen and oxygen atoms in total. The zero-order chi connectivity index (χ0) is 16.4. The number of fused-ring (bicyclic) bond motifs is 1. The molecule has 23 heavy (non-hydrogen) atoms. The third-order valence-corrected chi connectivity index (χ3v) is 4.33. The molecular weight excluding hydrogens is 292 g/mol. The van der Waals surface area contributed by atoms with Gasteiger partial charge in [0.15, 0.2) is 0 Å². The molecule has 0 unspecified atom stereocenters. The first-order valence-corrected chi connectivity index (χ1v) is 8.15. The zero-order valence-electron chi connectivity index (χ0n) is 14.0. The average molecular weight is 316 g/mol. The van der Waals surface area contributed by atoms with Crippen molar-refractivity contribution in [1.82, 2.24) is 24.2 Å². The summed E-state index contributed by atoms with van der Waals surface area (Å²) in [6.45, 7) is 9.89. The van der Waals surface area contributed by atoms with E-state index in [1.54, 1.807) is 6.20 Å². The molecule has 1 aliphatic rings. The SMILES string of the molecule is CCCn1nccc1NC(=O)CN1CCn2c(nc(C)c2C)C1. The van der Waals surface area contributed by atoms with Gasteiger partial charge in [0.1, 0.15) is 11.6 Å². The molecule has 1 N–H and O–H groups in total. The Hall–Kier alpha value is -2.15. The maximum absolute atomic E-state index is 12.3. The van der Waals surface area contributed by atoms with Gasteiger partial charge in [-0.3, -0.25) is 9.69 Å². The van der Waals surface area contributed by atoms with Crippen LogP contribution in [0.25, 0.3) is 0 Å². The first-order chi connectivity index (χ1) is 11.1. The van der Waals surface area contributed by atoms with Crippen molar-refractivity contribution in [2.75, 3.05) is 18.4 Å². The van der Waals surface area contributed by atoms with Gasteiger partial charge in [0.25, 0.3) is 0 Å². The molecule has 1 aliphatic heterocycles. The molecule has 0 aliphatic carbocycles. The molecule has 2 aromatic heterocycles. The fraction of sp³-hybridized carbons (Fsp3) is 0.562. The van der Waals surface area contributed by atoms with Crippen molar-refractivity contribution in [2.24, 2.45) is 0 Å². The van der Waals surface area contributed by atoms with Crippen molar-refractivity contribution in [2.45, 2.75) is 46.8 Å². The van der Waals surface area contributed by atoms with Gasteiger partial charge in [0.2, 0.25) is 5.91 Å². The quantitative estimate of drug-likeness (QED) is 0.909. The van der Waals surface area contributed by atoms with Crippen molar-refractivity contribution >= 4 is 11.7 Å². The summed E-state index contributed by atoms with van der Waals surface area (Å²) < 4.78 is 4.08. The summed E-state index contributed by atoms with van der Waals surface area (Å²) in [6.07, 6.45) is 2.70. The minimum absolute atomic E-state index is 0.00342. The lowest BCUT2D eigenvalue weighted by molar-refractivity contribution is -0.117. The van der Waals surface area contributed by atoms with Crippen molar-refractivity contribution in [1.29, 1.82) is 0 Å². The number of imidazole rings is 1. The highest BCUT2D eigenvalue weighted by Crippen LogP contribution is 2.17. The lowest BCUT2D eigenvalue weighted by Crippen LogP contribution is -2.39. The van der Waals surface area contributed by atoms with Crippen LogP contribution in [0, 0.1) is 13.8 Å². The van der Waals surface area contributed by atoms with Gasteiger partial charge in [0, 0.05) is 31.4 Å². The number of hydrogen-bond donors (Lipinski definition) is 1. The summed E-state index contributed by atoms with van der Waals surface area (Å²) in [5.41, 5.74) is 2.31. The number of amides is 1. The number of carbonyl (C=O) groups excluding carboxylic acids is 1. The van der Waals surface area contributed by atoms with Crippen molar-refractivity contribution in [3.63, 3.8) is 0 Å². The molecular formula is C16H24N6O. The largest absolute Gasteiger partial charge is 0.330 e. The molecule has 2 aromatic rings. The number of carbonyl (C=O) groups is 1. The maximum Gasteiger partial charge on any atom is 0.239 e. The summed E-state index contributed by atoms with van der Waals surface area (Å²) in [4.78, 5) is 19.0. The Bertz CT molecular complexity index is 701. The number of aryl methyl sites for hydroxylation is 2. The van der Waals surface area contributed by atoms with Gasteiger partial charge in [-0.15, -0.1) is 0 Å². The summed E-state index contributed by atoms with van der Waals surface area (Å²) in [5, 5.41) is 7.18. The van der Waals surface area contributed by atoms with Gasteiger partial charge in [-0.05, 0) is 20.3 Å². The van der Waals surface area contributed by atoms with Crippen LogP contribution in [-0.4, -0.2) is 43.2 Å². The van der Waals surface area contributed by atoms with E-state index in [9.17, 15) is 4.79 Å². The van der Waals surface area contributed by atoms with E-state index in [-0.39, 0.29) is 5.91 Å². The Morgan fingerprint density at radius 1 is 1.35 bits per heavy atom. The summed E-state index contributed by atoms with van der Waals surface area (Å²) in [6, 6.07) is 1.84. The number of rotatable bonds is 5. The first kappa shape index (κ1) is 15.7. The summed E-state index contributed by atoms with van der Waals surface area (Å²) in [7, 11) is 0. The Kier molecular flexibility index (Phi) is 4.47. The van der Waals surface area contributed by atoms with Gasteiger partial charge in [-0.1, -0.05) is 6.92 Å². The van der Waals surface area contributed by atoms with Crippen molar-refractivity contribution in [3.8, 4) is 0 Å². The van der Waals surface area contributed by atoms with Gasteiger partial charge >= 0.3 is 0 Å². The molecule has 7 heteroatoms. The fourth-order valence-electron chi connectivity index (χ4n) is 3.01. The van der Waals surface area contributed by atoms with E-state index in [2.05, 4.69) is 38.7 Å². The predicted octanol–water partition coefficient (Wildman–Crippen LogP) is 1.56. The molecule has 1 amide bonds. The minimum atomic E-state index is -0.00342. The van der Waals surface area contributed by atoms with Gasteiger partial charge < -0.3 is 9.88 Å². The number of nitrogens with zero attached hydrogens (tertiary/aromatic N) is 5. The molecule has 0 radical (unpaired) electrons. The van der Waals surface area contributed by atoms with Crippen LogP contribution in [0.4, 0.5) is 5.82 Å². The molecule has 3 rings (SSSR count). The van der Waals surface area contributed by atoms with Crippen LogP contribution >= 0.6 is 0 Å². The summed E-state index contributed by atoms with van der Waals surface area (Å²) >= 11 is 0. The number of hydrogen-bond acceptors (Lipinski definition) is 4. The molecule has 0 fully saturated rings. The highest BCUT2D eigenvalue weighted by Gasteiger charge is 2.22. The van der Waals surface area contributed by atoms with Crippen LogP contribution in [0.15, 0.2) is 12.3 Å². The second kappa shape index (κ2) is 6.54. The van der Waals surface area contributed by atoms with Crippen LogP contribution in [0.1, 0.15) is 30.6 Å². The Labute approximate surface area is 136 Å². The van der Waals surface area contributed by atoms with Crippen LogP contribution in [0.5, 0.6) is 0 Å². The van der Waals surface area contributed by atoms with E-state index in [0.717, 1.165) is 49.9 Å². The Morgan fingerprint density at radius 3 is 2.96 bits per heavy atom. The van der Waals surface area contributed by atoms with E-state index in [0.29, 0.717) is 6.54 Å². The van der Waals surface area contributed by atoms with Gasteiger partial charge in [-0.2, -0.15) is 5.10 Å². The Balaban J connectivity index is 1.59. The molecule has 0 saturated heterocycles. The second-order valence-corrected chi connectivity index (χ2v) is 6.05. The lowest BCUT2D eigenvalue weighted by atomic mass is 10.3. The minimum Gasteiger partial charge on any atom is -0.330 e. The molecule has 0 bridgehead atoms. The highest BCUT2D eigenvalue weighted by atomic mass is 16.2. The monoisotopic (exact) mass is 316 g/mol. The smallest absolute Gasteiger partial charge is 0.239 e. The number of aromatic nitrogens is 4. The molecule has 0 atom stereocenters.